The third kappa shape index (κ3) is 2.42. The second kappa shape index (κ2) is 5.05. The fourth-order valence-corrected chi connectivity index (χ4v) is 2.47. The van der Waals surface area contributed by atoms with Crippen LogP contribution in [0.2, 0.25) is 5.02 Å². The van der Waals surface area contributed by atoms with Gasteiger partial charge in [-0.05, 0) is 24.6 Å². The molecule has 1 aliphatic heterocycles. The monoisotopic (exact) mass is 292 g/mol. The summed E-state index contributed by atoms with van der Waals surface area (Å²) in [5.41, 5.74) is 2.05. The lowest BCUT2D eigenvalue weighted by atomic mass is 10.1. The molecule has 0 radical (unpaired) electrons. The van der Waals surface area contributed by atoms with Crippen molar-refractivity contribution in [3.8, 4) is 0 Å². The number of benzene rings is 1. The van der Waals surface area contributed by atoms with Crippen molar-refractivity contribution >= 4 is 23.3 Å². The Morgan fingerprint density at radius 1 is 1.35 bits per heavy atom. The Kier molecular flexibility index (Phi) is 3.23. The molecule has 0 saturated heterocycles. The highest BCUT2D eigenvalue weighted by Crippen LogP contribution is 2.17. The summed E-state index contributed by atoms with van der Waals surface area (Å²) in [5, 5.41) is 8.70. The first-order valence-electron chi connectivity index (χ1n) is 6.23. The van der Waals surface area contributed by atoms with Gasteiger partial charge in [0.1, 0.15) is 0 Å². The topological polar surface area (TPSA) is 81.0 Å². The van der Waals surface area contributed by atoms with E-state index in [1.165, 1.54) is 0 Å². The Balaban J connectivity index is 1.72. The van der Waals surface area contributed by atoms with Crippen molar-refractivity contribution in [2.45, 2.75) is 13.0 Å². The Hall–Kier alpha value is -2.21. The van der Waals surface area contributed by atoms with Gasteiger partial charge >= 0.3 is 6.03 Å². The normalized spacial score (nSPS) is 13.9. The highest BCUT2D eigenvalue weighted by Gasteiger charge is 2.23. The number of nitrogens with zero attached hydrogens (tertiary/aromatic N) is 1. The predicted molar refractivity (Wildman–Crippen MR) is 76.0 cm³/mol. The molecule has 1 aromatic heterocycles. The molecule has 3 rings (SSSR count). The molecule has 0 fully saturated rings. The maximum absolute atomic E-state index is 12.2. The summed E-state index contributed by atoms with van der Waals surface area (Å²) in [4.78, 5) is 25.3. The van der Waals surface area contributed by atoms with Gasteiger partial charge in [-0.3, -0.25) is 9.89 Å². The van der Waals surface area contributed by atoms with Gasteiger partial charge in [0.2, 0.25) is 0 Å². The highest BCUT2D eigenvalue weighted by atomic mass is 35.5. The number of carbonyl (C=O) groups excluding carboxylic acids is 1. The second-order valence-electron chi connectivity index (χ2n) is 4.65. The molecule has 6 nitrogen and oxygen atoms in total. The standard InChI is InChI=1S/C13H13ClN4O2/c14-8-2-1-3-9(6-8)15-13(20)18-5-4-10-11(7-18)16-17-12(10)19/h1-3,6H,4-5,7H2,(H,15,20)(H2,16,17,19). The van der Waals surface area contributed by atoms with Crippen molar-refractivity contribution in [2.24, 2.45) is 0 Å². The molecule has 0 unspecified atom stereocenters. The number of rotatable bonds is 1. The van der Waals surface area contributed by atoms with Gasteiger partial charge < -0.3 is 15.3 Å². The number of hydrogen-bond acceptors (Lipinski definition) is 2. The Morgan fingerprint density at radius 2 is 2.20 bits per heavy atom. The lowest BCUT2D eigenvalue weighted by Gasteiger charge is -2.26. The number of fused-ring (bicyclic) bond motifs is 1. The van der Waals surface area contributed by atoms with E-state index in [1.807, 2.05) is 0 Å². The quantitative estimate of drug-likeness (QED) is 0.751. The number of nitrogens with one attached hydrogen (secondary N) is 3. The van der Waals surface area contributed by atoms with Crippen LogP contribution in [0.15, 0.2) is 29.1 Å². The van der Waals surface area contributed by atoms with E-state index in [9.17, 15) is 9.59 Å². The Labute approximate surface area is 119 Å². The first-order chi connectivity index (χ1) is 9.63. The number of carbonyl (C=O) groups is 1. The average Bonchev–Trinajstić information content (AvgIpc) is 2.80. The number of urea groups is 1. The largest absolute Gasteiger partial charge is 0.322 e. The van der Waals surface area contributed by atoms with Crippen LogP contribution in [-0.4, -0.2) is 27.7 Å². The van der Waals surface area contributed by atoms with Gasteiger partial charge in [-0.15, -0.1) is 0 Å². The third-order valence-electron chi connectivity index (χ3n) is 3.31. The summed E-state index contributed by atoms with van der Waals surface area (Å²) in [6.07, 6.45) is 0.553. The maximum Gasteiger partial charge on any atom is 0.322 e. The molecule has 7 heteroatoms. The number of amides is 2. The Morgan fingerprint density at radius 3 is 3.00 bits per heavy atom. The van der Waals surface area contributed by atoms with Crippen molar-refractivity contribution < 1.29 is 4.79 Å². The number of halogens is 1. The molecular weight excluding hydrogens is 280 g/mol. The average molecular weight is 293 g/mol. The number of aromatic amines is 2. The van der Waals surface area contributed by atoms with Gasteiger partial charge in [-0.2, -0.15) is 0 Å². The molecule has 2 aromatic rings. The van der Waals surface area contributed by atoms with E-state index in [4.69, 9.17) is 11.6 Å². The van der Waals surface area contributed by atoms with Crippen LogP contribution in [-0.2, 0) is 13.0 Å². The van der Waals surface area contributed by atoms with Crippen LogP contribution in [0.5, 0.6) is 0 Å². The van der Waals surface area contributed by atoms with Gasteiger partial charge in [-0.1, -0.05) is 17.7 Å². The zero-order chi connectivity index (χ0) is 14.1. The molecule has 0 aliphatic carbocycles. The third-order valence-corrected chi connectivity index (χ3v) is 3.54. The van der Waals surface area contributed by atoms with Crippen LogP contribution in [0.1, 0.15) is 11.3 Å². The molecular formula is C13H13ClN4O2. The number of aromatic nitrogens is 2. The minimum Gasteiger partial charge on any atom is -0.318 e. The fraction of sp³-hybridized carbons (Fsp3) is 0.231. The van der Waals surface area contributed by atoms with Crippen molar-refractivity contribution in [3.05, 3.63) is 50.9 Å². The fourth-order valence-electron chi connectivity index (χ4n) is 2.28. The van der Waals surface area contributed by atoms with Crippen LogP contribution in [0.4, 0.5) is 10.5 Å². The number of H-pyrrole nitrogens is 2. The molecule has 2 heterocycles. The first kappa shape index (κ1) is 12.8. The minimum absolute atomic E-state index is 0.102. The van der Waals surface area contributed by atoms with Gasteiger partial charge in [-0.25, -0.2) is 4.79 Å². The summed E-state index contributed by atoms with van der Waals surface area (Å²) < 4.78 is 0. The highest BCUT2D eigenvalue weighted by molar-refractivity contribution is 6.30. The second-order valence-corrected chi connectivity index (χ2v) is 5.08. The predicted octanol–water partition coefficient (Wildman–Crippen LogP) is 1.95. The van der Waals surface area contributed by atoms with Crippen LogP contribution in [0.25, 0.3) is 0 Å². The van der Waals surface area contributed by atoms with Crippen LogP contribution >= 0.6 is 11.6 Å². The van der Waals surface area contributed by atoms with Crippen molar-refractivity contribution in [1.82, 2.24) is 15.1 Å². The number of anilines is 1. The van der Waals surface area contributed by atoms with Crippen molar-refractivity contribution in [3.63, 3.8) is 0 Å². The van der Waals surface area contributed by atoms with Gasteiger partial charge in [0.05, 0.1) is 12.2 Å². The van der Waals surface area contributed by atoms with Crippen molar-refractivity contribution in [2.75, 3.05) is 11.9 Å². The summed E-state index contributed by atoms with van der Waals surface area (Å²) in [6, 6.07) is 6.77. The van der Waals surface area contributed by atoms with Gasteiger partial charge in [0, 0.05) is 22.8 Å². The van der Waals surface area contributed by atoms with Crippen molar-refractivity contribution in [1.29, 1.82) is 0 Å². The molecule has 0 saturated carbocycles. The lowest BCUT2D eigenvalue weighted by molar-refractivity contribution is 0.205. The Bertz CT molecular complexity index is 706. The van der Waals surface area contributed by atoms with Gasteiger partial charge in [0.25, 0.3) is 5.56 Å². The molecule has 1 aromatic carbocycles. The van der Waals surface area contributed by atoms with Crippen LogP contribution < -0.4 is 10.9 Å². The molecule has 1 aliphatic rings. The van der Waals surface area contributed by atoms with Crippen LogP contribution in [0, 0.1) is 0 Å². The maximum atomic E-state index is 12.2. The molecule has 3 N–H and O–H groups in total. The van der Waals surface area contributed by atoms with E-state index in [-0.39, 0.29) is 11.6 Å². The first-order valence-corrected chi connectivity index (χ1v) is 6.61. The summed E-state index contributed by atoms with van der Waals surface area (Å²) in [7, 11) is 0. The lowest BCUT2D eigenvalue weighted by Crippen LogP contribution is -2.39. The summed E-state index contributed by atoms with van der Waals surface area (Å²) in [6.45, 7) is 0.904. The minimum atomic E-state index is -0.208. The summed E-state index contributed by atoms with van der Waals surface area (Å²) in [5.74, 6) is 0. The summed E-state index contributed by atoms with van der Waals surface area (Å²) >= 11 is 5.88. The van der Waals surface area contributed by atoms with E-state index in [0.717, 1.165) is 11.3 Å². The molecule has 0 bridgehead atoms. The van der Waals surface area contributed by atoms with E-state index in [0.29, 0.717) is 30.2 Å². The SMILES string of the molecule is O=C(Nc1cccc(Cl)c1)N1CCc2c([nH][nH]c2=O)C1. The zero-order valence-corrected chi connectivity index (χ0v) is 11.3. The van der Waals surface area contributed by atoms with E-state index < -0.39 is 0 Å². The smallest absolute Gasteiger partial charge is 0.318 e. The zero-order valence-electron chi connectivity index (χ0n) is 10.6. The van der Waals surface area contributed by atoms with E-state index in [2.05, 4.69) is 15.5 Å². The molecule has 104 valence electrons. The molecule has 0 spiro atoms. The molecule has 20 heavy (non-hydrogen) atoms. The van der Waals surface area contributed by atoms with E-state index >= 15 is 0 Å². The molecule has 2 amide bonds. The van der Waals surface area contributed by atoms with Gasteiger partial charge in [0.15, 0.2) is 0 Å². The number of hydrogen-bond donors (Lipinski definition) is 3. The molecule has 0 atom stereocenters. The van der Waals surface area contributed by atoms with E-state index in [1.54, 1.807) is 29.2 Å². The van der Waals surface area contributed by atoms with Crippen LogP contribution in [0.3, 0.4) is 0 Å².